The zero-order chi connectivity index (χ0) is 17.7. The van der Waals surface area contributed by atoms with Crippen LogP contribution in [0, 0.1) is 6.92 Å². The van der Waals surface area contributed by atoms with Gasteiger partial charge < -0.3 is 23.4 Å². The molecule has 0 N–H and O–H groups in total. The van der Waals surface area contributed by atoms with Crippen LogP contribution in [0.15, 0.2) is 28.7 Å². The summed E-state index contributed by atoms with van der Waals surface area (Å²) in [4.78, 5) is 23.3. The number of esters is 1. The molecule has 0 aliphatic rings. The summed E-state index contributed by atoms with van der Waals surface area (Å²) in [5.74, 6) is 0.901. The average molecular weight is 334 g/mol. The minimum Gasteiger partial charge on any atom is -0.497 e. The van der Waals surface area contributed by atoms with E-state index in [0.29, 0.717) is 28.4 Å². The number of hydrogen-bond donors (Lipinski definition) is 0. The number of ether oxygens (including phenoxy) is 4. The Morgan fingerprint density at radius 2 is 1.71 bits per heavy atom. The molecule has 1 heterocycles. The lowest BCUT2D eigenvalue weighted by atomic mass is 10.0. The highest BCUT2D eigenvalue weighted by atomic mass is 16.7. The third kappa shape index (κ3) is 3.51. The lowest BCUT2D eigenvalue weighted by Gasteiger charge is -2.07. The van der Waals surface area contributed by atoms with E-state index in [9.17, 15) is 9.59 Å². The van der Waals surface area contributed by atoms with Gasteiger partial charge in [-0.15, -0.1) is 0 Å². The Morgan fingerprint density at radius 1 is 1.04 bits per heavy atom. The van der Waals surface area contributed by atoms with Crippen LogP contribution in [0.25, 0.3) is 11.3 Å². The van der Waals surface area contributed by atoms with Gasteiger partial charge in [0.1, 0.15) is 29.4 Å². The standard InChI is InChI=1S/C17H18O7/c1-10-14(16(18)21-3)13(9-23-17(19)22-4)15(24-10)11-5-7-12(20-2)8-6-11/h5-8H,9H2,1-4H3. The molecule has 0 radical (unpaired) electrons. The molecule has 7 nitrogen and oxygen atoms in total. The molecule has 0 atom stereocenters. The van der Waals surface area contributed by atoms with E-state index in [4.69, 9.17) is 18.6 Å². The van der Waals surface area contributed by atoms with E-state index >= 15 is 0 Å². The van der Waals surface area contributed by atoms with Gasteiger partial charge in [-0.05, 0) is 31.2 Å². The summed E-state index contributed by atoms with van der Waals surface area (Å²) < 4.78 is 25.1. The first kappa shape index (κ1) is 17.4. The second-order valence-corrected chi connectivity index (χ2v) is 4.80. The number of carbonyl (C=O) groups is 2. The highest BCUT2D eigenvalue weighted by Gasteiger charge is 2.26. The molecule has 128 valence electrons. The summed E-state index contributed by atoms with van der Waals surface area (Å²) in [7, 11) is 4.04. The predicted molar refractivity (Wildman–Crippen MR) is 84.0 cm³/mol. The van der Waals surface area contributed by atoms with Crippen molar-refractivity contribution in [2.24, 2.45) is 0 Å². The number of furan rings is 1. The Balaban J connectivity index is 2.48. The van der Waals surface area contributed by atoms with Gasteiger partial charge in [-0.3, -0.25) is 0 Å². The Kier molecular flexibility index (Phi) is 5.47. The van der Waals surface area contributed by atoms with E-state index in [-0.39, 0.29) is 12.2 Å². The van der Waals surface area contributed by atoms with Gasteiger partial charge in [0.25, 0.3) is 0 Å². The fourth-order valence-electron chi connectivity index (χ4n) is 2.26. The third-order valence-electron chi connectivity index (χ3n) is 3.43. The van der Waals surface area contributed by atoms with Crippen LogP contribution in [-0.4, -0.2) is 33.5 Å². The van der Waals surface area contributed by atoms with Gasteiger partial charge in [-0.25, -0.2) is 9.59 Å². The van der Waals surface area contributed by atoms with Crippen LogP contribution in [0.5, 0.6) is 5.75 Å². The fourth-order valence-corrected chi connectivity index (χ4v) is 2.26. The van der Waals surface area contributed by atoms with E-state index < -0.39 is 12.1 Å². The highest BCUT2D eigenvalue weighted by molar-refractivity contribution is 5.94. The van der Waals surface area contributed by atoms with E-state index in [2.05, 4.69) is 4.74 Å². The number of hydrogen-bond acceptors (Lipinski definition) is 7. The maximum Gasteiger partial charge on any atom is 0.508 e. The summed E-state index contributed by atoms with van der Waals surface area (Å²) in [5.41, 5.74) is 1.35. The summed E-state index contributed by atoms with van der Waals surface area (Å²) in [6.45, 7) is 1.46. The molecule has 0 spiro atoms. The van der Waals surface area contributed by atoms with Gasteiger partial charge >= 0.3 is 12.1 Å². The molecule has 0 fully saturated rings. The number of benzene rings is 1. The van der Waals surface area contributed by atoms with Crippen molar-refractivity contribution in [3.8, 4) is 17.1 Å². The molecule has 0 aliphatic carbocycles. The first-order valence-electron chi connectivity index (χ1n) is 7.07. The normalized spacial score (nSPS) is 10.2. The van der Waals surface area contributed by atoms with Crippen molar-refractivity contribution in [2.45, 2.75) is 13.5 Å². The van der Waals surface area contributed by atoms with Crippen LogP contribution in [-0.2, 0) is 20.8 Å². The molecule has 1 aromatic heterocycles. The summed E-state index contributed by atoms with van der Waals surface area (Å²) in [5, 5.41) is 0. The van der Waals surface area contributed by atoms with Gasteiger partial charge in [0.05, 0.1) is 26.9 Å². The van der Waals surface area contributed by atoms with Crippen molar-refractivity contribution in [2.75, 3.05) is 21.3 Å². The molecule has 0 aliphatic heterocycles. The first-order valence-corrected chi connectivity index (χ1v) is 7.07. The molecule has 1 aromatic carbocycles. The molecule has 7 heteroatoms. The van der Waals surface area contributed by atoms with E-state index in [1.807, 2.05) is 0 Å². The topological polar surface area (TPSA) is 84.2 Å². The van der Waals surface area contributed by atoms with Crippen molar-refractivity contribution in [1.82, 2.24) is 0 Å². The Labute approximate surface area is 139 Å². The quantitative estimate of drug-likeness (QED) is 0.775. The van der Waals surface area contributed by atoms with Gasteiger partial charge in [-0.2, -0.15) is 0 Å². The van der Waals surface area contributed by atoms with Gasteiger partial charge in [-0.1, -0.05) is 0 Å². The Bertz CT molecular complexity index is 728. The van der Waals surface area contributed by atoms with Gasteiger partial charge in [0, 0.05) is 5.56 Å². The van der Waals surface area contributed by atoms with Gasteiger partial charge in [0.2, 0.25) is 0 Å². The van der Waals surface area contributed by atoms with Crippen LogP contribution < -0.4 is 4.74 Å². The smallest absolute Gasteiger partial charge is 0.497 e. The Morgan fingerprint density at radius 3 is 2.25 bits per heavy atom. The monoisotopic (exact) mass is 334 g/mol. The van der Waals surface area contributed by atoms with Crippen molar-refractivity contribution in [1.29, 1.82) is 0 Å². The lowest BCUT2D eigenvalue weighted by Crippen LogP contribution is -2.09. The van der Waals surface area contributed by atoms with E-state index in [0.717, 1.165) is 0 Å². The third-order valence-corrected chi connectivity index (χ3v) is 3.43. The number of carbonyl (C=O) groups excluding carboxylic acids is 2. The lowest BCUT2D eigenvalue weighted by molar-refractivity contribution is 0.0572. The zero-order valence-electron chi connectivity index (χ0n) is 13.9. The Hall–Kier alpha value is -2.96. The minimum absolute atomic E-state index is 0.185. The summed E-state index contributed by atoms with van der Waals surface area (Å²) in [6.07, 6.45) is -0.856. The van der Waals surface area contributed by atoms with Crippen molar-refractivity contribution >= 4 is 12.1 Å². The SMILES string of the molecule is COC(=O)OCc1c(-c2ccc(OC)cc2)oc(C)c1C(=O)OC. The minimum atomic E-state index is -0.856. The molecule has 0 bridgehead atoms. The summed E-state index contributed by atoms with van der Waals surface area (Å²) >= 11 is 0. The summed E-state index contributed by atoms with van der Waals surface area (Å²) in [6, 6.07) is 7.07. The van der Waals surface area contributed by atoms with Gasteiger partial charge in [0.15, 0.2) is 0 Å². The second-order valence-electron chi connectivity index (χ2n) is 4.80. The number of aryl methyl sites for hydroxylation is 1. The predicted octanol–water partition coefficient (Wildman–Crippen LogP) is 3.33. The molecule has 0 amide bonds. The zero-order valence-corrected chi connectivity index (χ0v) is 13.9. The maximum absolute atomic E-state index is 12.0. The number of rotatable bonds is 5. The molecule has 2 aromatic rings. The molecule has 24 heavy (non-hydrogen) atoms. The molecular formula is C17H18O7. The average Bonchev–Trinajstić information content (AvgIpc) is 2.95. The fraction of sp³-hybridized carbons (Fsp3) is 0.294. The largest absolute Gasteiger partial charge is 0.508 e. The molecule has 0 unspecified atom stereocenters. The van der Waals surface area contributed by atoms with Crippen LogP contribution in [0.4, 0.5) is 4.79 Å². The molecule has 2 rings (SSSR count). The molecule has 0 saturated heterocycles. The number of methoxy groups -OCH3 is 3. The van der Waals surface area contributed by atoms with Crippen LogP contribution in [0.3, 0.4) is 0 Å². The van der Waals surface area contributed by atoms with E-state index in [1.165, 1.54) is 14.2 Å². The van der Waals surface area contributed by atoms with E-state index in [1.54, 1.807) is 38.3 Å². The first-order chi connectivity index (χ1) is 11.5. The van der Waals surface area contributed by atoms with Crippen molar-refractivity contribution in [3.63, 3.8) is 0 Å². The van der Waals surface area contributed by atoms with Crippen molar-refractivity contribution < 1.29 is 33.0 Å². The highest BCUT2D eigenvalue weighted by Crippen LogP contribution is 2.33. The maximum atomic E-state index is 12.0. The van der Waals surface area contributed by atoms with Crippen LogP contribution in [0.2, 0.25) is 0 Å². The second kappa shape index (κ2) is 7.54. The van der Waals surface area contributed by atoms with Crippen LogP contribution >= 0.6 is 0 Å². The van der Waals surface area contributed by atoms with Crippen LogP contribution in [0.1, 0.15) is 21.7 Å². The molecule has 0 saturated carbocycles. The van der Waals surface area contributed by atoms with Crippen molar-refractivity contribution in [3.05, 3.63) is 41.2 Å². The molecular weight excluding hydrogens is 316 g/mol.